The van der Waals surface area contributed by atoms with Crippen molar-refractivity contribution < 1.29 is 9.53 Å². The molecular weight excluding hydrogens is 266 g/mol. The van der Waals surface area contributed by atoms with E-state index in [1.54, 1.807) is 17.1 Å². The van der Waals surface area contributed by atoms with Crippen LogP contribution >= 0.6 is 0 Å². The summed E-state index contributed by atoms with van der Waals surface area (Å²) in [5.41, 5.74) is 2.57. The van der Waals surface area contributed by atoms with Crippen LogP contribution in [-0.2, 0) is 24.3 Å². The summed E-state index contributed by atoms with van der Waals surface area (Å²) in [6, 6.07) is 8.28. The van der Waals surface area contributed by atoms with Gasteiger partial charge in [-0.05, 0) is 24.5 Å². The van der Waals surface area contributed by atoms with Crippen LogP contribution in [0.1, 0.15) is 18.1 Å². The molecule has 0 aliphatic carbocycles. The predicted molar refractivity (Wildman–Crippen MR) is 79.0 cm³/mol. The van der Waals surface area contributed by atoms with Crippen molar-refractivity contribution in [2.45, 2.75) is 26.4 Å². The van der Waals surface area contributed by atoms with E-state index >= 15 is 0 Å². The Labute approximate surface area is 124 Å². The second-order valence-corrected chi connectivity index (χ2v) is 5.15. The maximum absolute atomic E-state index is 12.2. The molecule has 0 fully saturated rings. The molecule has 0 radical (unpaired) electrons. The Hall–Kier alpha value is -2.30. The van der Waals surface area contributed by atoms with Crippen LogP contribution < -0.4 is 4.74 Å². The van der Waals surface area contributed by atoms with Gasteiger partial charge in [-0.2, -0.15) is 5.10 Å². The highest BCUT2D eigenvalue weighted by molar-refractivity contribution is 5.78. The second kappa shape index (κ2) is 5.99. The fourth-order valence-corrected chi connectivity index (χ4v) is 2.54. The number of nitrogens with zero attached hydrogens (tertiary/aromatic N) is 3. The third-order valence-corrected chi connectivity index (χ3v) is 3.78. The minimum Gasteiger partial charge on any atom is -0.480 e. The van der Waals surface area contributed by atoms with E-state index in [2.05, 4.69) is 17.2 Å². The molecule has 110 valence electrons. The molecule has 1 aromatic heterocycles. The fourth-order valence-electron chi connectivity index (χ4n) is 2.54. The van der Waals surface area contributed by atoms with E-state index in [9.17, 15) is 4.79 Å². The van der Waals surface area contributed by atoms with Crippen molar-refractivity contribution in [2.24, 2.45) is 0 Å². The number of aryl methyl sites for hydroxylation is 1. The zero-order chi connectivity index (χ0) is 14.7. The van der Waals surface area contributed by atoms with Crippen LogP contribution in [0, 0.1) is 0 Å². The summed E-state index contributed by atoms with van der Waals surface area (Å²) in [4.78, 5) is 14.1. The van der Waals surface area contributed by atoms with Crippen molar-refractivity contribution in [2.75, 3.05) is 13.2 Å². The highest BCUT2D eigenvalue weighted by Crippen LogP contribution is 2.18. The van der Waals surface area contributed by atoms with Crippen molar-refractivity contribution >= 4 is 5.91 Å². The van der Waals surface area contributed by atoms with Crippen LogP contribution in [-0.4, -0.2) is 33.7 Å². The summed E-state index contributed by atoms with van der Waals surface area (Å²) >= 11 is 0. The summed E-state index contributed by atoms with van der Waals surface area (Å²) < 4.78 is 7.29. The van der Waals surface area contributed by atoms with E-state index in [4.69, 9.17) is 4.74 Å². The Kier molecular flexibility index (Phi) is 3.90. The molecule has 2 aromatic rings. The Bertz CT molecular complexity index is 636. The molecule has 0 saturated carbocycles. The van der Waals surface area contributed by atoms with Crippen LogP contribution in [0.3, 0.4) is 0 Å². The maximum atomic E-state index is 12.2. The van der Waals surface area contributed by atoms with E-state index in [0.717, 1.165) is 19.5 Å². The molecule has 0 unspecified atom stereocenters. The third-order valence-electron chi connectivity index (χ3n) is 3.78. The zero-order valence-corrected chi connectivity index (χ0v) is 12.2. The van der Waals surface area contributed by atoms with Crippen molar-refractivity contribution in [3.05, 3.63) is 47.8 Å². The number of hydrogen-bond acceptors (Lipinski definition) is 3. The van der Waals surface area contributed by atoms with Crippen LogP contribution in [0.15, 0.2) is 36.7 Å². The van der Waals surface area contributed by atoms with E-state index in [1.807, 2.05) is 24.0 Å². The Morgan fingerprint density at radius 2 is 2.14 bits per heavy atom. The lowest BCUT2D eigenvalue weighted by molar-refractivity contribution is -0.134. The van der Waals surface area contributed by atoms with Crippen molar-refractivity contribution in [1.29, 1.82) is 0 Å². The highest BCUT2D eigenvalue weighted by atomic mass is 16.5. The zero-order valence-electron chi connectivity index (χ0n) is 12.2. The van der Waals surface area contributed by atoms with Gasteiger partial charge in [0.25, 0.3) is 5.91 Å². The number of carbonyl (C=O) groups is 1. The third kappa shape index (κ3) is 3.07. The molecule has 1 amide bonds. The number of benzene rings is 1. The molecule has 21 heavy (non-hydrogen) atoms. The van der Waals surface area contributed by atoms with Crippen molar-refractivity contribution in [1.82, 2.24) is 14.7 Å². The van der Waals surface area contributed by atoms with Gasteiger partial charge in [-0.25, -0.2) is 0 Å². The number of aromatic nitrogens is 2. The van der Waals surface area contributed by atoms with E-state index in [1.165, 1.54) is 11.1 Å². The maximum Gasteiger partial charge on any atom is 0.260 e. The molecule has 3 rings (SSSR count). The van der Waals surface area contributed by atoms with E-state index < -0.39 is 0 Å². The fraction of sp³-hybridized carbons (Fsp3) is 0.375. The number of ether oxygens (including phenoxy) is 1. The monoisotopic (exact) mass is 285 g/mol. The summed E-state index contributed by atoms with van der Waals surface area (Å²) in [7, 11) is 0. The van der Waals surface area contributed by atoms with E-state index in [-0.39, 0.29) is 12.5 Å². The van der Waals surface area contributed by atoms with Crippen LogP contribution in [0.5, 0.6) is 5.75 Å². The molecule has 1 aromatic carbocycles. The van der Waals surface area contributed by atoms with Gasteiger partial charge in [0, 0.05) is 19.6 Å². The topological polar surface area (TPSA) is 47.4 Å². The van der Waals surface area contributed by atoms with Gasteiger partial charge in [0.1, 0.15) is 0 Å². The molecule has 0 bridgehead atoms. The Morgan fingerprint density at radius 3 is 2.90 bits per heavy atom. The number of amides is 1. The van der Waals surface area contributed by atoms with Gasteiger partial charge in [-0.1, -0.05) is 24.3 Å². The summed E-state index contributed by atoms with van der Waals surface area (Å²) in [6.07, 6.45) is 4.36. The number of fused-ring (bicyclic) bond motifs is 1. The molecule has 0 spiro atoms. The van der Waals surface area contributed by atoms with Gasteiger partial charge in [0.15, 0.2) is 12.4 Å². The molecule has 0 saturated heterocycles. The molecule has 5 nitrogen and oxygen atoms in total. The molecule has 1 aliphatic rings. The van der Waals surface area contributed by atoms with E-state index in [0.29, 0.717) is 12.3 Å². The van der Waals surface area contributed by atoms with Crippen molar-refractivity contribution in [3.63, 3.8) is 0 Å². The second-order valence-electron chi connectivity index (χ2n) is 5.15. The van der Waals surface area contributed by atoms with Gasteiger partial charge in [-0.3, -0.25) is 9.48 Å². The minimum absolute atomic E-state index is 0.0220. The molecule has 0 N–H and O–H groups in total. The van der Waals surface area contributed by atoms with Gasteiger partial charge in [-0.15, -0.1) is 0 Å². The first kappa shape index (κ1) is 13.7. The normalized spacial score (nSPS) is 13.9. The van der Waals surface area contributed by atoms with Crippen molar-refractivity contribution in [3.8, 4) is 5.75 Å². The molecule has 5 heteroatoms. The quantitative estimate of drug-likeness (QED) is 0.861. The summed E-state index contributed by atoms with van der Waals surface area (Å²) in [6.45, 7) is 4.30. The van der Waals surface area contributed by atoms with Gasteiger partial charge < -0.3 is 9.64 Å². The highest BCUT2D eigenvalue weighted by Gasteiger charge is 2.20. The molecule has 1 aliphatic heterocycles. The lowest BCUT2D eigenvalue weighted by atomic mass is 10.00. The van der Waals surface area contributed by atoms with Gasteiger partial charge >= 0.3 is 0 Å². The summed E-state index contributed by atoms with van der Waals surface area (Å²) in [5.74, 6) is 0.663. The SMILES string of the molecule is CCn1cc(OCC(=O)N2CCc3ccccc3C2)cn1. The number of hydrogen-bond donors (Lipinski definition) is 0. The lowest BCUT2D eigenvalue weighted by Gasteiger charge is -2.28. The number of rotatable bonds is 4. The van der Waals surface area contributed by atoms with Crippen LogP contribution in [0.4, 0.5) is 0 Å². The van der Waals surface area contributed by atoms with Gasteiger partial charge in [0.2, 0.25) is 0 Å². The van der Waals surface area contributed by atoms with Crippen LogP contribution in [0.2, 0.25) is 0 Å². The average Bonchev–Trinajstić information content (AvgIpc) is 3.00. The standard InChI is InChI=1S/C16H19N3O2/c1-2-19-11-15(9-17-19)21-12-16(20)18-8-7-13-5-3-4-6-14(13)10-18/h3-6,9,11H,2,7-8,10,12H2,1H3. The first-order chi connectivity index (χ1) is 10.3. The average molecular weight is 285 g/mol. The van der Waals surface area contributed by atoms with Crippen LogP contribution in [0.25, 0.3) is 0 Å². The first-order valence-electron chi connectivity index (χ1n) is 7.26. The number of carbonyl (C=O) groups excluding carboxylic acids is 1. The smallest absolute Gasteiger partial charge is 0.260 e. The molecule has 2 heterocycles. The molecule has 0 atom stereocenters. The largest absolute Gasteiger partial charge is 0.480 e. The summed E-state index contributed by atoms with van der Waals surface area (Å²) in [5, 5.41) is 4.12. The van der Waals surface area contributed by atoms with Gasteiger partial charge in [0.05, 0.1) is 12.4 Å². The first-order valence-corrected chi connectivity index (χ1v) is 7.26. The Morgan fingerprint density at radius 1 is 1.33 bits per heavy atom. The molecular formula is C16H19N3O2. The lowest BCUT2D eigenvalue weighted by Crippen LogP contribution is -2.38. The Balaban J connectivity index is 1.57. The predicted octanol–water partition coefficient (Wildman–Crippen LogP) is 1.87. The minimum atomic E-state index is 0.0220.